The van der Waals surface area contributed by atoms with E-state index < -0.39 is 11.9 Å². The van der Waals surface area contributed by atoms with E-state index in [1.807, 2.05) is 67.8 Å². The van der Waals surface area contributed by atoms with Crippen molar-refractivity contribution in [1.82, 2.24) is 9.88 Å². The SMILES string of the molecule is COC(=O)c1cccc(-n2c(C)cc(/C=C(\C#N)C(=O)NCc3ccc(OC)cc3)c2C)c1C. The highest BCUT2D eigenvalue weighted by molar-refractivity contribution is 6.01. The lowest BCUT2D eigenvalue weighted by atomic mass is 10.1. The van der Waals surface area contributed by atoms with Crippen molar-refractivity contribution in [2.24, 2.45) is 0 Å². The molecule has 7 nitrogen and oxygen atoms in total. The first-order valence-corrected chi connectivity index (χ1v) is 10.7. The van der Waals surface area contributed by atoms with Crippen molar-refractivity contribution in [2.75, 3.05) is 14.2 Å². The number of rotatable bonds is 7. The van der Waals surface area contributed by atoms with Crippen molar-refractivity contribution < 1.29 is 19.1 Å². The lowest BCUT2D eigenvalue weighted by molar-refractivity contribution is -0.117. The van der Waals surface area contributed by atoms with Crippen LogP contribution in [0.1, 0.15) is 38.4 Å². The molecule has 3 aromatic rings. The fraction of sp³-hybridized carbons (Fsp3) is 0.222. The van der Waals surface area contributed by atoms with Gasteiger partial charge in [0, 0.05) is 23.6 Å². The Labute approximate surface area is 199 Å². The van der Waals surface area contributed by atoms with Crippen molar-refractivity contribution in [3.63, 3.8) is 0 Å². The number of ether oxygens (including phenoxy) is 2. The second-order valence-corrected chi connectivity index (χ2v) is 7.80. The summed E-state index contributed by atoms with van der Waals surface area (Å²) in [6.45, 7) is 6.00. The van der Waals surface area contributed by atoms with Crippen LogP contribution in [0.3, 0.4) is 0 Å². The van der Waals surface area contributed by atoms with Crippen molar-refractivity contribution in [3.8, 4) is 17.5 Å². The van der Waals surface area contributed by atoms with Gasteiger partial charge in [0.1, 0.15) is 17.4 Å². The van der Waals surface area contributed by atoms with E-state index in [0.717, 1.165) is 39.5 Å². The second kappa shape index (κ2) is 10.5. The molecule has 0 aliphatic rings. The van der Waals surface area contributed by atoms with E-state index in [-0.39, 0.29) is 5.57 Å². The highest BCUT2D eigenvalue weighted by atomic mass is 16.5. The summed E-state index contributed by atoms with van der Waals surface area (Å²) in [5.74, 6) is -0.121. The molecular weight excluding hydrogens is 430 g/mol. The van der Waals surface area contributed by atoms with E-state index >= 15 is 0 Å². The van der Waals surface area contributed by atoms with Gasteiger partial charge in [-0.15, -0.1) is 0 Å². The fourth-order valence-electron chi connectivity index (χ4n) is 3.83. The summed E-state index contributed by atoms with van der Waals surface area (Å²) in [6, 6.07) is 16.7. The maximum atomic E-state index is 12.7. The molecule has 1 N–H and O–H groups in total. The third-order valence-corrected chi connectivity index (χ3v) is 5.70. The first kappa shape index (κ1) is 24.3. The third-order valence-electron chi connectivity index (χ3n) is 5.70. The van der Waals surface area contributed by atoms with Crippen LogP contribution in [0.5, 0.6) is 5.75 Å². The molecule has 3 rings (SSSR count). The zero-order chi connectivity index (χ0) is 24.8. The standard InChI is InChI=1S/C27H27N3O4/c1-17-13-21(19(3)30(17)25-8-6-7-24(18(25)2)27(32)34-5)14-22(15-28)26(31)29-16-20-9-11-23(33-4)12-10-20/h6-14H,16H2,1-5H3,(H,29,31)/b22-14+. The molecule has 0 radical (unpaired) electrons. The smallest absolute Gasteiger partial charge is 0.338 e. The minimum absolute atomic E-state index is 0.00814. The molecule has 0 unspecified atom stereocenters. The number of hydrogen-bond donors (Lipinski definition) is 1. The Bertz CT molecular complexity index is 1290. The quantitative estimate of drug-likeness (QED) is 0.322. The number of hydrogen-bond acceptors (Lipinski definition) is 5. The molecule has 7 heteroatoms. The first-order chi connectivity index (χ1) is 16.3. The van der Waals surface area contributed by atoms with E-state index in [4.69, 9.17) is 9.47 Å². The fourth-order valence-corrected chi connectivity index (χ4v) is 3.83. The molecule has 0 saturated carbocycles. The number of aryl methyl sites for hydroxylation is 1. The summed E-state index contributed by atoms with van der Waals surface area (Å²) in [5, 5.41) is 12.4. The third kappa shape index (κ3) is 5.02. The Morgan fingerprint density at radius 1 is 1.09 bits per heavy atom. The monoisotopic (exact) mass is 457 g/mol. The number of nitrogens with one attached hydrogen (secondary N) is 1. The summed E-state index contributed by atoms with van der Waals surface area (Å²) in [5.41, 5.74) is 5.50. The lowest BCUT2D eigenvalue weighted by Gasteiger charge is -2.15. The molecular formula is C27H27N3O4. The normalized spacial score (nSPS) is 11.0. The Morgan fingerprint density at radius 3 is 2.41 bits per heavy atom. The molecule has 1 heterocycles. The molecule has 0 aliphatic carbocycles. The van der Waals surface area contributed by atoms with E-state index in [9.17, 15) is 14.9 Å². The van der Waals surface area contributed by atoms with Crippen LogP contribution in [0.15, 0.2) is 54.1 Å². The largest absolute Gasteiger partial charge is 0.497 e. The summed E-state index contributed by atoms with van der Waals surface area (Å²) < 4.78 is 12.0. The summed E-state index contributed by atoms with van der Waals surface area (Å²) in [4.78, 5) is 24.8. The van der Waals surface area contributed by atoms with Crippen molar-refractivity contribution in [2.45, 2.75) is 27.3 Å². The maximum Gasteiger partial charge on any atom is 0.338 e. The van der Waals surface area contributed by atoms with E-state index in [1.54, 1.807) is 25.3 Å². The Morgan fingerprint density at radius 2 is 1.79 bits per heavy atom. The number of amides is 1. The van der Waals surface area contributed by atoms with Crippen LogP contribution in [-0.2, 0) is 16.1 Å². The van der Waals surface area contributed by atoms with Gasteiger partial charge in [0.25, 0.3) is 5.91 Å². The molecule has 0 fully saturated rings. The van der Waals surface area contributed by atoms with Gasteiger partial charge in [-0.05, 0) is 73.9 Å². The zero-order valence-electron chi connectivity index (χ0n) is 19.9. The predicted octanol–water partition coefficient (Wildman–Crippen LogP) is 4.42. The highest BCUT2D eigenvalue weighted by Crippen LogP contribution is 2.27. The number of carbonyl (C=O) groups is 2. The minimum Gasteiger partial charge on any atom is -0.497 e. The summed E-state index contributed by atoms with van der Waals surface area (Å²) >= 11 is 0. The van der Waals surface area contributed by atoms with E-state index in [2.05, 4.69) is 5.32 Å². The molecule has 0 atom stereocenters. The molecule has 0 bridgehead atoms. The van der Waals surface area contributed by atoms with Gasteiger partial charge in [0.2, 0.25) is 0 Å². The highest BCUT2D eigenvalue weighted by Gasteiger charge is 2.17. The number of carbonyl (C=O) groups excluding carboxylic acids is 2. The van der Waals surface area contributed by atoms with Crippen LogP contribution in [-0.4, -0.2) is 30.7 Å². The number of methoxy groups -OCH3 is 2. The minimum atomic E-state index is -0.452. The van der Waals surface area contributed by atoms with E-state index in [0.29, 0.717) is 12.1 Å². The van der Waals surface area contributed by atoms with Crippen LogP contribution in [0.4, 0.5) is 0 Å². The maximum absolute atomic E-state index is 12.7. The number of benzene rings is 2. The molecule has 1 aromatic heterocycles. The van der Waals surface area contributed by atoms with Crippen LogP contribution in [0.2, 0.25) is 0 Å². The van der Waals surface area contributed by atoms with Crippen LogP contribution in [0, 0.1) is 32.1 Å². The molecule has 2 aromatic carbocycles. The van der Waals surface area contributed by atoms with Gasteiger partial charge in [-0.25, -0.2) is 4.79 Å². The Hall–Kier alpha value is -4.31. The van der Waals surface area contributed by atoms with Gasteiger partial charge in [-0.1, -0.05) is 18.2 Å². The van der Waals surface area contributed by atoms with Gasteiger partial charge in [-0.3, -0.25) is 4.79 Å². The molecule has 0 saturated heterocycles. The van der Waals surface area contributed by atoms with Crippen molar-refractivity contribution >= 4 is 18.0 Å². The zero-order valence-corrected chi connectivity index (χ0v) is 19.9. The van der Waals surface area contributed by atoms with Crippen molar-refractivity contribution in [3.05, 3.63) is 87.7 Å². The van der Waals surface area contributed by atoms with Crippen LogP contribution >= 0.6 is 0 Å². The average Bonchev–Trinajstić information content (AvgIpc) is 3.13. The van der Waals surface area contributed by atoms with Crippen LogP contribution in [0.25, 0.3) is 11.8 Å². The van der Waals surface area contributed by atoms with Gasteiger partial charge < -0.3 is 19.4 Å². The van der Waals surface area contributed by atoms with Gasteiger partial charge in [-0.2, -0.15) is 5.26 Å². The number of aromatic nitrogens is 1. The predicted molar refractivity (Wildman–Crippen MR) is 130 cm³/mol. The molecule has 0 spiro atoms. The topological polar surface area (TPSA) is 93.4 Å². The summed E-state index contributed by atoms with van der Waals surface area (Å²) in [7, 11) is 2.95. The molecule has 0 aliphatic heterocycles. The van der Waals surface area contributed by atoms with Gasteiger partial charge in [0.15, 0.2) is 0 Å². The Balaban J connectivity index is 1.88. The molecule has 174 valence electrons. The molecule has 34 heavy (non-hydrogen) atoms. The first-order valence-electron chi connectivity index (χ1n) is 10.7. The van der Waals surface area contributed by atoms with E-state index in [1.165, 1.54) is 7.11 Å². The van der Waals surface area contributed by atoms with Crippen LogP contribution < -0.4 is 10.1 Å². The number of nitriles is 1. The van der Waals surface area contributed by atoms with Gasteiger partial charge >= 0.3 is 5.97 Å². The lowest BCUT2D eigenvalue weighted by Crippen LogP contribution is -2.23. The summed E-state index contributed by atoms with van der Waals surface area (Å²) in [6.07, 6.45) is 1.58. The Kier molecular flexibility index (Phi) is 7.54. The number of esters is 1. The van der Waals surface area contributed by atoms with Crippen molar-refractivity contribution in [1.29, 1.82) is 5.26 Å². The second-order valence-electron chi connectivity index (χ2n) is 7.80. The number of nitrogens with zero attached hydrogens (tertiary/aromatic N) is 2. The molecule has 1 amide bonds. The van der Waals surface area contributed by atoms with Gasteiger partial charge in [0.05, 0.1) is 19.8 Å². The average molecular weight is 458 g/mol.